The molecule has 0 saturated carbocycles. The van der Waals surface area contributed by atoms with Crippen LogP contribution in [0.2, 0.25) is 0 Å². The van der Waals surface area contributed by atoms with Crippen LogP contribution in [0.4, 0.5) is 16.5 Å². The lowest BCUT2D eigenvalue weighted by atomic mass is 10.0. The average molecular weight is 871 g/mol. The number of aryl methyl sites for hydroxylation is 2. The molecule has 16 heteroatoms. The van der Waals surface area contributed by atoms with E-state index in [9.17, 15) is 28.8 Å². The molecule has 5 aromatic rings. The maximum Gasteiger partial charge on any atom is 0.262 e. The van der Waals surface area contributed by atoms with Crippen LogP contribution in [0.25, 0.3) is 11.3 Å². The Morgan fingerprint density at radius 3 is 2.46 bits per heavy atom. The molecule has 4 heterocycles. The number of hydrogen-bond donors (Lipinski definition) is 3. The first kappa shape index (κ1) is 42.9. The summed E-state index contributed by atoms with van der Waals surface area (Å²) in [4.78, 5) is 84.7. The number of nitrogens with one attached hydrogen (secondary N) is 3. The monoisotopic (exact) mass is 870 g/mol. The molecule has 6 amide bonds. The Hall–Kier alpha value is -6.75. The molecular formula is C47H46N6O9S. The molecule has 3 N–H and O–H groups in total. The van der Waals surface area contributed by atoms with E-state index in [-0.39, 0.29) is 42.2 Å². The van der Waals surface area contributed by atoms with Crippen molar-refractivity contribution < 1.29 is 43.0 Å². The second-order valence-corrected chi connectivity index (χ2v) is 16.6. The highest BCUT2D eigenvalue weighted by atomic mass is 32.1. The maximum absolute atomic E-state index is 13.3. The van der Waals surface area contributed by atoms with Crippen molar-refractivity contribution in [2.45, 2.75) is 45.6 Å². The minimum Gasteiger partial charge on any atom is -0.491 e. The molecule has 0 spiro atoms. The number of benzene rings is 4. The third-order valence-electron chi connectivity index (χ3n) is 11.1. The van der Waals surface area contributed by atoms with Gasteiger partial charge in [0.15, 0.2) is 5.13 Å². The number of fused-ring (bicyclic) bond motifs is 2. The Bertz CT molecular complexity index is 2610. The van der Waals surface area contributed by atoms with Crippen molar-refractivity contribution in [3.8, 4) is 17.0 Å². The van der Waals surface area contributed by atoms with E-state index >= 15 is 0 Å². The maximum atomic E-state index is 13.3. The first-order chi connectivity index (χ1) is 30.5. The molecule has 1 fully saturated rings. The zero-order chi connectivity index (χ0) is 44.0. The minimum atomic E-state index is -1.01. The van der Waals surface area contributed by atoms with E-state index in [1.165, 1.54) is 11.3 Å². The molecule has 0 aliphatic carbocycles. The number of hydrogen-bond acceptors (Lipinski definition) is 12. The number of ether oxygens (including phenoxy) is 3. The number of imide groups is 2. The molecule has 3 aliphatic rings. The summed E-state index contributed by atoms with van der Waals surface area (Å²) >= 11 is 1.42. The Morgan fingerprint density at radius 2 is 1.63 bits per heavy atom. The van der Waals surface area contributed by atoms with Gasteiger partial charge in [-0.15, -0.1) is 11.3 Å². The number of amides is 6. The summed E-state index contributed by atoms with van der Waals surface area (Å²) in [5, 5.41) is 8.84. The van der Waals surface area contributed by atoms with Crippen LogP contribution in [0.1, 0.15) is 65.5 Å². The van der Waals surface area contributed by atoms with Gasteiger partial charge >= 0.3 is 0 Å². The summed E-state index contributed by atoms with van der Waals surface area (Å²) in [7, 11) is 0. The Balaban J connectivity index is 0.721. The van der Waals surface area contributed by atoms with Crippen molar-refractivity contribution in [1.29, 1.82) is 0 Å². The molecule has 1 unspecified atom stereocenters. The van der Waals surface area contributed by atoms with Gasteiger partial charge in [-0.2, -0.15) is 0 Å². The van der Waals surface area contributed by atoms with Gasteiger partial charge in [0.05, 0.1) is 49.7 Å². The van der Waals surface area contributed by atoms with E-state index in [0.29, 0.717) is 68.3 Å². The van der Waals surface area contributed by atoms with E-state index in [4.69, 9.17) is 19.2 Å². The van der Waals surface area contributed by atoms with Crippen molar-refractivity contribution in [2.75, 3.05) is 61.7 Å². The van der Waals surface area contributed by atoms with E-state index < -0.39 is 29.7 Å². The normalized spacial score (nSPS) is 15.6. The number of carbonyl (C=O) groups is 6. The predicted octanol–water partition coefficient (Wildman–Crippen LogP) is 5.74. The lowest BCUT2D eigenvalue weighted by Crippen LogP contribution is -2.54. The molecule has 0 radical (unpaired) electrons. The summed E-state index contributed by atoms with van der Waals surface area (Å²) < 4.78 is 17.2. The third-order valence-corrected chi connectivity index (χ3v) is 11.9. The van der Waals surface area contributed by atoms with Gasteiger partial charge in [-0.1, -0.05) is 36.4 Å². The average Bonchev–Trinajstić information content (AvgIpc) is 3.93. The van der Waals surface area contributed by atoms with E-state index in [1.807, 2.05) is 79.4 Å². The fraction of sp³-hybridized carbons (Fsp3) is 0.298. The van der Waals surface area contributed by atoms with Gasteiger partial charge < -0.3 is 29.7 Å². The summed E-state index contributed by atoms with van der Waals surface area (Å²) in [5.41, 5.74) is 7.26. The molecule has 324 valence electrons. The first-order valence-electron chi connectivity index (χ1n) is 20.8. The molecule has 0 bridgehead atoms. The number of anilines is 3. The molecule has 1 saturated heterocycles. The van der Waals surface area contributed by atoms with Crippen molar-refractivity contribution in [1.82, 2.24) is 15.2 Å². The topological polar surface area (TPSA) is 186 Å². The molecular weight excluding hydrogens is 825 g/mol. The summed E-state index contributed by atoms with van der Waals surface area (Å²) in [5.74, 6) is -1.74. The second-order valence-electron chi connectivity index (χ2n) is 15.4. The van der Waals surface area contributed by atoms with Crippen molar-refractivity contribution in [2.24, 2.45) is 0 Å². The number of piperidine rings is 1. The Morgan fingerprint density at radius 1 is 0.841 bits per heavy atom. The van der Waals surface area contributed by atoms with Crippen LogP contribution in [-0.4, -0.2) is 97.5 Å². The van der Waals surface area contributed by atoms with Gasteiger partial charge in [-0.3, -0.25) is 39.0 Å². The highest BCUT2D eigenvalue weighted by Crippen LogP contribution is 2.37. The van der Waals surface area contributed by atoms with Gasteiger partial charge in [-0.05, 0) is 91.9 Å². The number of rotatable bonds is 17. The lowest BCUT2D eigenvalue weighted by molar-refractivity contribution is -0.136. The minimum absolute atomic E-state index is 0.00375. The Labute approximate surface area is 367 Å². The zero-order valence-electron chi connectivity index (χ0n) is 34.9. The second kappa shape index (κ2) is 19.1. The number of carbonyl (C=O) groups excluding carboxylic acids is 6. The fourth-order valence-electron chi connectivity index (χ4n) is 7.92. The third kappa shape index (κ3) is 9.68. The van der Waals surface area contributed by atoms with Gasteiger partial charge in [0.2, 0.25) is 17.7 Å². The zero-order valence-corrected chi connectivity index (χ0v) is 35.7. The number of thiazole rings is 1. The van der Waals surface area contributed by atoms with Gasteiger partial charge in [-0.25, -0.2) is 4.98 Å². The highest BCUT2D eigenvalue weighted by Gasteiger charge is 2.44. The standard InChI is InChI=1S/C47H46N6O9S/c1-28-6-3-4-9-35(28)44(57)52-18-16-31-26-32(10-13-38(31)52)42-29(2)63-47(51-42)50-41(55)25-30-7-5-8-34(24-30)62-23-22-61-21-20-60-19-17-48-33-11-12-36-37(27-33)46(59)53(45(36)58)39-14-15-40(54)49-43(39)56/h3-13,24,26-27,39,48H,14-23,25H2,1-2H3,(H,49,54,56)(H,50,51,55). The van der Waals surface area contributed by atoms with Crippen LogP contribution in [0.3, 0.4) is 0 Å². The smallest absolute Gasteiger partial charge is 0.262 e. The van der Waals surface area contributed by atoms with Gasteiger partial charge in [0, 0.05) is 46.9 Å². The Kier molecular flexibility index (Phi) is 13.0. The van der Waals surface area contributed by atoms with Gasteiger partial charge in [0.25, 0.3) is 17.7 Å². The molecule has 1 aromatic heterocycles. The van der Waals surface area contributed by atoms with E-state index in [2.05, 4.69) is 22.0 Å². The largest absolute Gasteiger partial charge is 0.491 e. The first-order valence-corrected chi connectivity index (χ1v) is 21.6. The van der Waals surface area contributed by atoms with Crippen LogP contribution >= 0.6 is 11.3 Å². The summed E-state index contributed by atoms with van der Waals surface area (Å²) in [6, 6.07) is 24.9. The van der Waals surface area contributed by atoms with E-state index in [1.54, 1.807) is 18.2 Å². The van der Waals surface area contributed by atoms with Crippen LogP contribution in [0.5, 0.6) is 5.75 Å². The summed E-state index contributed by atoms with van der Waals surface area (Å²) in [6.45, 7) is 6.71. The van der Waals surface area contributed by atoms with Crippen LogP contribution in [0, 0.1) is 13.8 Å². The van der Waals surface area contributed by atoms with Crippen molar-refractivity contribution in [3.63, 3.8) is 0 Å². The van der Waals surface area contributed by atoms with Crippen LogP contribution < -0.4 is 25.6 Å². The molecule has 63 heavy (non-hydrogen) atoms. The molecule has 8 rings (SSSR count). The van der Waals surface area contributed by atoms with Crippen LogP contribution in [0.15, 0.2) is 84.9 Å². The van der Waals surface area contributed by atoms with Crippen LogP contribution in [-0.2, 0) is 36.7 Å². The molecule has 15 nitrogen and oxygen atoms in total. The number of nitrogens with zero attached hydrogens (tertiary/aromatic N) is 3. The molecule has 4 aromatic carbocycles. The fourth-order valence-corrected chi connectivity index (χ4v) is 8.77. The molecule has 3 aliphatic heterocycles. The van der Waals surface area contributed by atoms with Crippen molar-refractivity contribution >= 4 is 63.3 Å². The van der Waals surface area contributed by atoms with Gasteiger partial charge in [0.1, 0.15) is 18.4 Å². The van der Waals surface area contributed by atoms with E-state index in [0.717, 1.165) is 49.8 Å². The SMILES string of the molecule is Cc1ccccc1C(=O)N1CCc2cc(-c3nc(NC(=O)Cc4cccc(OCCOCCOCCNc5ccc6c(c5)C(=O)N(C5CCC(=O)NC5=O)C6=O)c4)sc3C)ccc21. The summed E-state index contributed by atoms with van der Waals surface area (Å²) in [6.07, 6.45) is 1.06. The lowest BCUT2D eigenvalue weighted by Gasteiger charge is -2.27. The predicted molar refractivity (Wildman–Crippen MR) is 236 cm³/mol. The number of aromatic nitrogens is 1. The quantitative estimate of drug-likeness (QED) is 0.0765. The highest BCUT2D eigenvalue weighted by molar-refractivity contribution is 7.16. The molecule has 1 atom stereocenters. The van der Waals surface area contributed by atoms with Crippen molar-refractivity contribution in [3.05, 3.63) is 123 Å².